The Hall–Kier alpha value is -1.44. The topological polar surface area (TPSA) is 92.5 Å². The van der Waals surface area contributed by atoms with Crippen molar-refractivity contribution in [3.8, 4) is 0 Å². The molecule has 3 rings (SSSR count). The van der Waals surface area contributed by atoms with Crippen LogP contribution in [0.5, 0.6) is 0 Å². The Morgan fingerprint density at radius 1 is 1.25 bits per heavy atom. The second-order valence-electron chi connectivity index (χ2n) is 6.93. The number of nitrogens with one attached hydrogen (secondary N) is 1. The van der Waals surface area contributed by atoms with Crippen LogP contribution >= 0.6 is 0 Å². The van der Waals surface area contributed by atoms with Gasteiger partial charge in [0.2, 0.25) is 15.9 Å². The number of carbonyl (C=O) groups is 1. The Morgan fingerprint density at radius 2 is 1.92 bits per heavy atom. The van der Waals surface area contributed by atoms with Crippen molar-refractivity contribution in [3.05, 3.63) is 35.9 Å². The van der Waals surface area contributed by atoms with Gasteiger partial charge in [-0.25, -0.2) is 13.6 Å². The number of primary sulfonamides is 1. The number of rotatable bonds is 4. The summed E-state index contributed by atoms with van der Waals surface area (Å²) >= 11 is 0. The van der Waals surface area contributed by atoms with Crippen molar-refractivity contribution in [3.63, 3.8) is 0 Å². The van der Waals surface area contributed by atoms with Gasteiger partial charge in [-0.15, -0.1) is 0 Å². The van der Waals surface area contributed by atoms with E-state index in [-0.39, 0.29) is 17.6 Å². The molecule has 3 N–H and O–H groups in total. The van der Waals surface area contributed by atoms with E-state index < -0.39 is 15.4 Å². The zero-order valence-electron chi connectivity index (χ0n) is 13.8. The SMILES string of the molecule is NS(=O)(=O)C[C@@H]1CCN(C(=O)C2(c3ccccc3)CCNCC2)C1. The number of piperidine rings is 1. The van der Waals surface area contributed by atoms with E-state index in [9.17, 15) is 13.2 Å². The van der Waals surface area contributed by atoms with E-state index in [2.05, 4.69) is 5.32 Å². The van der Waals surface area contributed by atoms with Gasteiger partial charge in [-0.3, -0.25) is 4.79 Å². The minimum absolute atomic E-state index is 0.0450. The van der Waals surface area contributed by atoms with Gasteiger partial charge in [0.05, 0.1) is 11.2 Å². The smallest absolute Gasteiger partial charge is 0.233 e. The second kappa shape index (κ2) is 6.82. The maximum atomic E-state index is 13.4. The largest absolute Gasteiger partial charge is 0.342 e. The molecule has 0 bridgehead atoms. The molecule has 2 fully saturated rings. The predicted octanol–water partition coefficient (Wildman–Crippen LogP) is 0.445. The first-order valence-corrected chi connectivity index (χ1v) is 10.2. The summed E-state index contributed by atoms with van der Waals surface area (Å²) in [4.78, 5) is 15.2. The highest BCUT2D eigenvalue weighted by molar-refractivity contribution is 7.89. The summed E-state index contributed by atoms with van der Waals surface area (Å²) in [7, 11) is -3.50. The van der Waals surface area contributed by atoms with E-state index in [0.29, 0.717) is 19.5 Å². The van der Waals surface area contributed by atoms with Crippen LogP contribution in [-0.4, -0.2) is 51.2 Å². The first kappa shape index (κ1) is 17.4. The average Bonchev–Trinajstić information content (AvgIpc) is 3.02. The Bertz CT molecular complexity index is 684. The molecule has 0 spiro atoms. The zero-order chi connectivity index (χ0) is 17.2. The molecular formula is C17H25N3O3S. The van der Waals surface area contributed by atoms with Crippen LogP contribution in [0.4, 0.5) is 0 Å². The lowest BCUT2D eigenvalue weighted by Crippen LogP contribution is -2.51. The molecule has 2 aliphatic heterocycles. The number of benzene rings is 1. The van der Waals surface area contributed by atoms with Crippen LogP contribution in [0.3, 0.4) is 0 Å². The van der Waals surface area contributed by atoms with Crippen LogP contribution in [0.1, 0.15) is 24.8 Å². The molecule has 7 heteroatoms. The van der Waals surface area contributed by atoms with Crippen molar-refractivity contribution in [2.45, 2.75) is 24.7 Å². The third-order valence-electron chi connectivity index (χ3n) is 5.23. The molecule has 0 radical (unpaired) electrons. The molecule has 24 heavy (non-hydrogen) atoms. The van der Waals surface area contributed by atoms with Crippen molar-refractivity contribution >= 4 is 15.9 Å². The number of hydrogen-bond donors (Lipinski definition) is 2. The van der Waals surface area contributed by atoms with Gasteiger partial charge < -0.3 is 10.2 Å². The fourth-order valence-corrected chi connectivity index (χ4v) is 4.95. The standard InChI is InChI=1S/C17H25N3O3S/c18-24(22,23)13-14-6-11-20(12-14)16(21)17(7-9-19-10-8-17)15-4-2-1-3-5-15/h1-5,14,19H,6-13H2,(H2,18,22,23)/t14-/m1/s1. The maximum Gasteiger partial charge on any atom is 0.233 e. The second-order valence-corrected chi connectivity index (χ2v) is 8.59. The fraction of sp³-hybridized carbons (Fsp3) is 0.588. The number of hydrogen-bond acceptors (Lipinski definition) is 4. The van der Waals surface area contributed by atoms with Gasteiger partial charge in [-0.2, -0.15) is 0 Å². The Labute approximate surface area is 143 Å². The summed E-state index contributed by atoms with van der Waals surface area (Å²) in [6.45, 7) is 2.72. The molecule has 0 saturated carbocycles. The normalized spacial score (nSPS) is 24.0. The monoisotopic (exact) mass is 351 g/mol. The fourth-order valence-electron chi connectivity index (χ4n) is 4.02. The van der Waals surface area contributed by atoms with Gasteiger partial charge in [-0.1, -0.05) is 30.3 Å². The summed E-state index contributed by atoms with van der Waals surface area (Å²) in [5.74, 6) is 0.0297. The van der Waals surface area contributed by atoms with Crippen molar-refractivity contribution in [2.75, 3.05) is 31.9 Å². The van der Waals surface area contributed by atoms with Crippen LogP contribution in [0.2, 0.25) is 0 Å². The highest BCUT2D eigenvalue weighted by Gasteiger charge is 2.45. The average molecular weight is 351 g/mol. The summed E-state index contributed by atoms with van der Waals surface area (Å²) < 4.78 is 22.6. The molecule has 0 aliphatic carbocycles. The van der Waals surface area contributed by atoms with Crippen LogP contribution in [-0.2, 0) is 20.2 Å². The molecule has 132 valence electrons. The van der Waals surface area contributed by atoms with Crippen molar-refractivity contribution in [2.24, 2.45) is 11.1 Å². The van der Waals surface area contributed by atoms with Crippen molar-refractivity contribution < 1.29 is 13.2 Å². The quantitative estimate of drug-likeness (QED) is 0.823. The van der Waals surface area contributed by atoms with E-state index in [1.54, 1.807) is 0 Å². The third-order valence-corrected chi connectivity index (χ3v) is 6.17. The van der Waals surface area contributed by atoms with Gasteiger partial charge in [0.25, 0.3) is 0 Å². The van der Waals surface area contributed by atoms with E-state index in [1.165, 1.54) is 0 Å². The summed E-state index contributed by atoms with van der Waals surface area (Å²) in [5, 5.41) is 8.49. The molecule has 6 nitrogen and oxygen atoms in total. The summed E-state index contributed by atoms with van der Waals surface area (Å²) in [6, 6.07) is 9.96. The van der Waals surface area contributed by atoms with Crippen molar-refractivity contribution in [1.29, 1.82) is 0 Å². The first-order chi connectivity index (χ1) is 11.4. The van der Waals surface area contributed by atoms with Crippen LogP contribution in [0, 0.1) is 5.92 Å². The molecule has 1 amide bonds. The number of nitrogens with two attached hydrogens (primary N) is 1. The molecule has 0 unspecified atom stereocenters. The number of amides is 1. The van der Waals surface area contributed by atoms with Gasteiger partial charge in [0.15, 0.2) is 0 Å². The lowest BCUT2D eigenvalue weighted by molar-refractivity contribution is -0.137. The molecular weight excluding hydrogens is 326 g/mol. The van der Waals surface area contributed by atoms with Crippen LogP contribution < -0.4 is 10.5 Å². The van der Waals surface area contributed by atoms with Gasteiger partial charge in [0, 0.05) is 13.1 Å². The third kappa shape index (κ3) is 3.63. The number of sulfonamides is 1. The highest BCUT2D eigenvalue weighted by atomic mass is 32.2. The minimum Gasteiger partial charge on any atom is -0.342 e. The van der Waals surface area contributed by atoms with E-state index in [1.807, 2.05) is 35.2 Å². The number of likely N-dealkylation sites (tertiary alicyclic amines) is 1. The van der Waals surface area contributed by atoms with E-state index in [4.69, 9.17) is 5.14 Å². The van der Waals surface area contributed by atoms with E-state index >= 15 is 0 Å². The molecule has 2 aliphatic rings. The van der Waals surface area contributed by atoms with Gasteiger partial charge in [0.1, 0.15) is 0 Å². The van der Waals surface area contributed by atoms with Gasteiger partial charge in [-0.05, 0) is 43.8 Å². The lowest BCUT2D eigenvalue weighted by atomic mass is 9.72. The molecule has 1 aromatic rings. The molecule has 1 aromatic carbocycles. The zero-order valence-corrected chi connectivity index (χ0v) is 14.6. The van der Waals surface area contributed by atoms with Gasteiger partial charge >= 0.3 is 0 Å². The number of nitrogens with zero attached hydrogens (tertiary/aromatic N) is 1. The number of carbonyl (C=O) groups excluding carboxylic acids is 1. The molecule has 2 heterocycles. The maximum absolute atomic E-state index is 13.4. The first-order valence-electron chi connectivity index (χ1n) is 8.47. The summed E-state index contributed by atoms with van der Waals surface area (Å²) in [5.41, 5.74) is 0.564. The molecule has 1 atom stereocenters. The highest BCUT2D eigenvalue weighted by Crippen LogP contribution is 2.37. The Morgan fingerprint density at radius 3 is 2.54 bits per heavy atom. The Kier molecular flexibility index (Phi) is 4.94. The lowest BCUT2D eigenvalue weighted by Gasteiger charge is -2.39. The molecule has 2 saturated heterocycles. The van der Waals surface area contributed by atoms with Crippen LogP contribution in [0.25, 0.3) is 0 Å². The predicted molar refractivity (Wildman–Crippen MR) is 92.9 cm³/mol. The Balaban J connectivity index is 1.80. The summed E-state index contributed by atoms with van der Waals surface area (Å²) in [6.07, 6.45) is 2.24. The minimum atomic E-state index is -3.50. The van der Waals surface area contributed by atoms with Crippen LogP contribution in [0.15, 0.2) is 30.3 Å². The molecule has 0 aromatic heterocycles. The van der Waals surface area contributed by atoms with Crippen molar-refractivity contribution in [1.82, 2.24) is 10.2 Å². The van der Waals surface area contributed by atoms with E-state index in [0.717, 1.165) is 31.5 Å².